The molecule has 0 bridgehead atoms. The van der Waals surface area contributed by atoms with Gasteiger partial charge in [0.25, 0.3) is 0 Å². The van der Waals surface area contributed by atoms with E-state index in [2.05, 4.69) is 39.2 Å². The second kappa shape index (κ2) is 8.57. The molecule has 27 heavy (non-hydrogen) atoms. The Morgan fingerprint density at radius 1 is 1.15 bits per heavy atom. The highest BCUT2D eigenvalue weighted by molar-refractivity contribution is 7.99. The Morgan fingerprint density at radius 3 is 2.63 bits per heavy atom. The molecular formula is C21H24FN3S2. The molecule has 1 saturated carbocycles. The molecule has 1 aliphatic carbocycles. The van der Waals surface area contributed by atoms with Crippen molar-refractivity contribution >= 4 is 23.1 Å². The van der Waals surface area contributed by atoms with Crippen molar-refractivity contribution in [2.24, 2.45) is 0 Å². The van der Waals surface area contributed by atoms with Crippen LogP contribution < -0.4 is 0 Å². The first kappa shape index (κ1) is 18.7. The number of benzene rings is 1. The third-order valence-electron chi connectivity index (χ3n) is 5.21. The minimum Gasteiger partial charge on any atom is -0.303 e. The normalized spacial score (nSPS) is 16.5. The number of hydrogen-bond acceptors (Lipinski definition) is 4. The van der Waals surface area contributed by atoms with E-state index in [9.17, 15) is 4.39 Å². The van der Waals surface area contributed by atoms with Crippen molar-refractivity contribution in [1.29, 1.82) is 0 Å². The van der Waals surface area contributed by atoms with Crippen molar-refractivity contribution in [3.63, 3.8) is 0 Å². The minimum atomic E-state index is -0.195. The summed E-state index contributed by atoms with van der Waals surface area (Å²) in [6, 6.07) is 11.5. The van der Waals surface area contributed by atoms with Crippen molar-refractivity contribution in [3.05, 3.63) is 63.9 Å². The number of hydrogen-bond donors (Lipinski definition) is 0. The summed E-state index contributed by atoms with van der Waals surface area (Å²) in [7, 11) is 0. The van der Waals surface area contributed by atoms with E-state index >= 15 is 0 Å². The molecule has 3 aromatic rings. The van der Waals surface area contributed by atoms with Crippen LogP contribution in [0, 0.1) is 5.82 Å². The molecule has 1 aromatic carbocycles. The van der Waals surface area contributed by atoms with Gasteiger partial charge in [-0.3, -0.25) is 0 Å². The number of nitrogens with zero attached hydrogens (tertiary/aromatic N) is 3. The Morgan fingerprint density at radius 2 is 1.93 bits per heavy atom. The summed E-state index contributed by atoms with van der Waals surface area (Å²) in [6.45, 7) is 2.15. The van der Waals surface area contributed by atoms with Crippen molar-refractivity contribution in [2.45, 2.75) is 61.9 Å². The SMILES string of the molecule is CC(Sc1nnc(Cc2cccs2)n1C1CCCCC1)c1ccc(F)cc1. The summed E-state index contributed by atoms with van der Waals surface area (Å²) in [4.78, 5) is 1.32. The van der Waals surface area contributed by atoms with Crippen LogP contribution in [0.3, 0.4) is 0 Å². The fourth-order valence-corrected chi connectivity index (χ4v) is 5.51. The molecular weight excluding hydrogens is 377 g/mol. The van der Waals surface area contributed by atoms with Gasteiger partial charge in [-0.1, -0.05) is 49.2 Å². The monoisotopic (exact) mass is 401 g/mol. The van der Waals surface area contributed by atoms with E-state index in [4.69, 9.17) is 0 Å². The fraction of sp³-hybridized carbons (Fsp3) is 0.429. The number of thioether (sulfide) groups is 1. The first-order valence-electron chi connectivity index (χ1n) is 9.59. The lowest BCUT2D eigenvalue weighted by molar-refractivity contribution is 0.330. The summed E-state index contributed by atoms with van der Waals surface area (Å²) < 4.78 is 15.6. The molecule has 1 aliphatic rings. The average molecular weight is 402 g/mol. The maximum Gasteiger partial charge on any atom is 0.192 e. The van der Waals surface area contributed by atoms with Gasteiger partial charge in [0, 0.05) is 22.6 Å². The van der Waals surface area contributed by atoms with Crippen LogP contribution in [0.1, 0.15) is 66.6 Å². The molecule has 1 unspecified atom stereocenters. The highest BCUT2D eigenvalue weighted by Crippen LogP contribution is 2.38. The molecule has 0 saturated heterocycles. The van der Waals surface area contributed by atoms with Gasteiger partial charge in [0.05, 0.1) is 0 Å². The highest BCUT2D eigenvalue weighted by atomic mass is 32.2. The van der Waals surface area contributed by atoms with Crippen molar-refractivity contribution in [1.82, 2.24) is 14.8 Å². The Labute approximate surface area is 168 Å². The molecule has 2 aromatic heterocycles. The van der Waals surface area contributed by atoms with Gasteiger partial charge in [0.1, 0.15) is 11.6 Å². The summed E-state index contributed by atoms with van der Waals surface area (Å²) >= 11 is 3.50. The molecule has 1 fully saturated rings. The predicted octanol–water partition coefficient (Wildman–Crippen LogP) is 6.43. The van der Waals surface area contributed by atoms with E-state index in [1.165, 1.54) is 49.1 Å². The van der Waals surface area contributed by atoms with E-state index in [0.717, 1.165) is 23.0 Å². The lowest BCUT2D eigenvalue weighted by atomic mass is 9.95. The highest BCUT2D eigenvalue weighted by Gasteiger charge is 2.24. The molecule has 2 heterocycles. The zero-order valence-electron chi connectivity index (χ0n) is 15.5. The Bertz CT molecular complexity index is 852. The van der Waals surface area contributed by atoms with E-state index in [0.29, 0.717) is 6.04 Å². The third-order valence-corrected chi connectivity index (χ3v) is 7.20. The van der Waals surface area contributed by atoms with Crippen LogP contribution in [0.2, 0.25) is 0 Å². The fourth-order valence-electron chi connectivity index (χ4n) is 3.74. The third kappa shape index (κ3) is 4.43. The Balaban J connectivity index is 1.60. The lowest BCUT2D eigenvalue weighted by Gasteiger charge is -2.26. The molecule has 0 aliphatic heterocycles. The van der Waals surface area contributed by atoms with Crippen LogP contribution in [-0.2, 0) is 6.42 Å². The lowest BCUT2D eigenvalue weighted by Crippen LogP contribution is -2.17. The topological polar surface area (TPSA) is 30.7 Å². The summed E-state index contributed by atoms with van der Waals surface area (Å²) in [6.07, 6.45) is 7.12. The molecule has 3 nitrogen and oxygen atoms in total. The number of rotatable bonds is 6. The van der Waals surface area contributed by atoms with Crippen LogP contribution in [-0.4, -0.2) is 14.8 Å². The van der Waals surface area contributed by atoms with Crippen LogP contribution in [0.5, 0.6) is 0 Å². The predicted molar refractivity (Wildman–Crippen MR) is 110 cm³/mol. The van der Waals surface area contributed by atoms with E-state index in [1.807, 2.05) is 12.1 Å². The van der Waals surface area contributed by atoms with Gasteiger partial charge in [0.15, 0.2) is 5.16 Å². The van der Waals surface area contributed by atoms with Crippen LogP contribution in [0.15, 0.2) is 46.9 Å². The van der Waals surface area contributed by atoms with Crippen molar-refractivity contribution in [2.75, 3.05) is 0 Å². The summed E-state index contributed by atoms with van der Waals surface area (Å²) in [5, 5.41) is 12.4. The molecule has 0 spiro atoms. The first-order chi connectivity index (χ1) is 13.2. The Kier molecular flexibility index (Phi) is 5.93. The van der Waals surface area contributed by atoms with Gasteiger partial charge < -0.3 is 4.57 Å². The van der Waals surface area contributed by atoms with Gasteiger partial charge in [-0.05, 0) is 48.9 Å². The first-order valence-corrected chi connectivity index (χ1v) is 11.3. The molecule has 1 atom stereocenters. The van der Waals surface area contributed by atoms with E-state index in [-0.39, 0.29) is 11.1 Å². The largest absolute Gasteiger partial charge is 0.303 e. The summed E-state index contributed by atoms with van der Waals surface area (Å²) in [5.74, 6) is 0.873. The quantitative estimate of drug-likeness (QED) is 0.446. The van der Waals surface area contributed by atoms with Gasteiger partial charge in [-0.25, -0.2) is 4.39 Å². The molecule has 6 heteroatoms. The van der Waals surface area contributed by atoms with Gasteiger partial charge in [-0.15, -0.1) is 21.5 Å². The molecule has 4 rings (SSSR count). The molecule has 0 N–H and O–H groups in total. The molecule has 142 valence electrons. The maximum atomic E-state index is 13.2. The van der Waals surface area contributed by atoms with Crippen molar-refractivity contribution in [3.8, 4) is 0 Å². The average Bonchev–Trinajstić information content (AvgIpc) is 3.33. The van der Waals surface area contributed by atoms with Crippen LogP contribution in [0.25, 0.3) is 0 Å². The number of halogens is 1. The van der Waals surface area contributed by atoms with E-state index in [1.54, 1.807) is 23.1 Å². The van der Waals surface area contributed by atoms with Crippen LogP contribution >= 0.6 is 23.1 Å². The van der Waals surface area contributed by atoms with Gasteiger partial charge in [-0.2, -0.15) is 0 Å². The zero-order valence-corrected chi connectivity index (χ0v) is 17.1. The van der Waals surface area contributed by atoms with Crippen molar-refractivity contribution < 1.29 is 4.39 Å². The Hall–Kier alpha value is -1.66. The van der Waals surface area contributed by atoms with Gasteiger partial charge in [0.2, 0.25) is 0 Å². The van der Waals surface area contributed by atoms with Gasteiger partial charge >= 0.3 is 0 Å². The standard InChI is InChI=1S/C21H24FN3S2/c1-15(16-9-11-17(22)12-10-16)27-21-24-23-20(14-19-8-5-13-26-19)25(21)18-6-3-2-4-7-18/h5,8-13,15,18H,2-4,6-7,14H2,1H3. The minimum absolute atomic E-state index is 0.195. The smallest absolute Gasteiger partial charge is 0.192 e. The maximum absolute atomic E-state index is 13.2. The number of thiophene rings is 1. The van der Waals surface area contributed by atoms with E-state index < -0.39 is 0 Å². The zero-order chi connectivity index (χ0) is 18.6. The van der Waals surface area contributed by atoms with Crippen LogP contribution in [0.4, 0.5) is 4.39 Å². The second-order valence-corrected chi connectivity index (χ2v) is 9.47. The molecule has 0 amide bonds. The summed E-state index contributed by atoms with van der Waals surface area (Å²) in [5.41, 5.74) is 1.11. The number of aromatic nitrogens is 3. The molecule has 0 radical (unpaired) electrons. The second-order valence-electron chi connectivity index (χ2n) is 7.13.